The molecule has 0 radical (unpaired) electrons. The van der Waals surface area contributed by atoms with Crippen molar-refractivity contribution < 1.29 is 9.53 Å². The molecule has 2 atom stereocenters. The smallest absolute Gasteiger partial charge is 0.259 e. The van der Waals surface area contributed by atoms with E-state index in [0.717, 1.165) is 23.8 Å². The first kappa shape index (κ1) is 15.9. The molecule has 1 aliphatic rings. The molecular weight excluding hydrogens is 312 g/mol. The van der Waals surface area contributed by atoms with E-state index < -0.39 is 0 Å². The van der Waals surface area contributed by atoms with E-state index in [2.05, 4.69) is 34.0 Å². The van der Waals surface area contributed by atoms with Gasteiger partial charge in [0.05, 0.1) is 17.8 Å². The molecule has 3 heterocycles. The molecule has 2 aromatic heterocycles. The Labute approximate surface area is 139 Å². The van der Waals surface area contributed by atoms with Crippen LogP contribution >= 0.6 is 11.3 Å². The quantitative estimate of drug-likeness (QED) is 0.936. The van der Waals surface area contributed by atoms with Crippen LogP contribution < -0.4 is 10.2 Å². The first-order valence-electron chi connectivity index (χ1n) is 7.61. The zero-order valence-electron chi connectivity index (χ0n) is 13.4. The summed E-state index contributed by atoms with van der Waals surface area (Å²) in [5.74, 6) is 0.677. The van der Waals surface area contributed by atoms with Crippen LogP contribution in [-0.2, 0) is 4.74 Å². The maximum absolute atomic E-state index is 12.2. The van der Waals surface area contributed by atoms with Crippen molar-refractivity contribution in [1.82, 2.24) is 9.97 Å². The standard InChI is InChI=1S/C16H20N4O2S/c1-10-8-20(9-11(2)22-10)14-5-4-13(7-17-14)15(21)19-16-18-6-12(3)23-16/h4-7,10-11H,8-9H2,1-3H3,(H,18,19,21)/t10-,11-/m0/s1. The molecule has 3 rings (SSSR count). The number of rotatable bonds is 3. The van der Waals surface area contributed by atoms with E-state index >= 15 is 0 Å². The van der Waals surface area contributed by atoms with Gasteiger partial charge in [-0.15, -0.1) is 11.3 Å². The number of ether oxygens (including phenoxy) is 1. The molecule has 23 heavy (non-hydrogen) atoms. The number of carbonyl (C=O) groups is 1. The Morgan fingerprint density at radius 2 is 2.00 bits per heavy atom. The zero-order valence-corrected chi connectivity index (χ0v) is 14.3. The number of thiazole rings is 1. The number of nitrogens with zero attached hydrogens (tertiary/aromatic N) is 3. The average molecular weight is 332 g/mol. The van der Waals surface area contributed by atoms with Crippen molar-refractivity contribution in [2.24, 2.45) is 0 Å². The van der Waals surface area contributed by atoms with E-state index in [1.165, 1.54) is 11.3 Å². The molecule has 0 unspecified atom stereocenters. The third kappa shape index (κ3) is 3.86. The molecule has 0 bridgehead atoms. The summed E-state index contributed by atoms with van der Waals surface area (Å²) in [7, 11) is 0. The Balaban J connectivity index is 1.68. The summed E-state index contributed by atoms with van der Waals surface area (Å²) in [6.45, 7) is 7.68. The summed E-state index contributed by atoms with van der Waals surface area (Å²) in [4.78, 5) is 24.0. The summed E-state index contributed by atoms with van der Waals surface area (Å²) in [6, 6.07) is 3.68. The van der Waals surface area contributed by atoms with Crippen molar-refractivity contribution in [3.8, 4) is 0 Å². The first-order chi connectivity index (χ1) is 11.0. The lowest BCUT2D eigenvalue weighted by atomic mass is 10.2. The van der Waals surface area contributed by atoms with Gasteiger partial charge in [0.25, 0.3) is 5.91 Å². The third-order valence-electron chi connectivity index (χ3n) is 3.60. The molecule has 2 aromatic rings. The van der Waals surface area contributed by atoms with Gasteiger partial charge in [0.15, 0.2) is 5.13 Å². The van der Waals surface area contributed by atoms with Crippen LogP contribution in [0.15, 0.2) is 24.5 Å². The van der Waals surface area contributed by atoms with Gasteiger partial charge in [0.2, 0.25) is 0 Å². The lowest BCUT2D eigenvalue weighted by Gasteiger charge is -2.36. The first-order valence-corrected chi connectivity index (χ1v) is 8.43. The molecule has 1 aliphatic heterocycles. The topological polar surface area (TPSA) is 67.4 Å². The van der Waals surface area contributed by atoms with Crippen molar-refractivity contribution in [2.45, 2.75) is 33.0 Å². The predicted octanol–water partition coefficient (Wildman–Crippen LogP) is 2.71. The van der Waals surface area contributed by atoms with Crippen molar-refractivity contribution in [1.29, 1.82) is 0 Å². The number of nitrogens with one attached hydrogen (secondary N) is 1. The maximum atomic E-state index is 12.2. The van der Waals surface area contributed by atoms with Crippen molar-refractivity contribution in [3.63, 3.8) is 0 Å². The average Bonchev–Trinajstić information content (AvgIpc) is 2.91. The number of aromatic nitrogens is 2. The van der Waals surface area contributed by atoms with Gasteiger partial charge in [-0.2, -0.15) is 0 Å². The second-order valence-corrected chi connectivity index (χ2v) is 7.03. The van der Waals surface area contributed by atoms with Gasteiger partial charge in [0.1, 0.15) is 5.82 Å². The highest BCUT2D eigenvalue weighted by Gasteiger charge is 2.23. The molecule has 0 saturated carbocycles. The molecule has 122 valence electrons. The fraction of sp³-hybridized carbons (Fsp3) is 0.438. The monoisotopic (exact) mass is 332 g/mol. The largest absolute Gasteiger partial charge is 0.372 e. The van der Waals surface area contributed by atoms with Gasteiger partial charge in [-0.05, 0) is 32.9 Å². The lowest BCUT2D eigenvalue weighted by Crippen LogP contribution is -2.45. The SMILES string of the molecule is Cc1cnc(NC(=O)c2ccc(N3C[C@H](C)O[C@@H](C)C3)nc2)s1. The number of pyridine rings is 1. The van der Waals surface area contributed by atoms with Crippen LogP contribution in [0.25, 0.3) is 0 Å². The number of amides is 1. The van der Waals surface area contributed by atoms with Gasteiger partial charge in [-0.3, -0.25) is 10.1 Å². The Bertz CT molecular complexity index is 676. The fourth-order valence-electron chi connectivity index (χ4n) is 2.65. The minimum atomic E-state index is -0.192. The van der Waals surface area contributed by atoms with E-state index in [0.29, 0.717) is 10.7 Å². The van der Waals surface area contributed by atoms with Crippen LogP contribution in [0.1, 0.15) is 29.1 Å². The van der Waals surface area contributed by atoms with Gasteiger partial charge < -0.3 is 9.64 Å². The highest BCUT2D eigenvalue weighted by molar-refractivity contribution is 7.15. The van der Waals surface area contributed by atoms with Crippen LogP contribution in [0.4, 0.5) is 10.9 Å². The van der Waals surface area contributed by atoms with E-state index in [9.17, 15) is 4.79 Å². The Morgan fingerprint density at radius 3 is 2.57 bits per heavy atom. The van der Waals surface area contributed by atoms with Crippen LogP contribution in [0.5, 0.6) is 0 Å². The van der Waals surface area contributed by atoms with E-state index in [1.807, 2.05) is 13.0 Å². The highest BCUT2D eigenvalue weighted by Crippen LogP contribution is 2.20. The van der Waals surface area contributed by atoms with E-state index in [1.54, 1.807) is 18.5 Å². The second-order valence-electron chi connectivity index (χ2n) is 5.80. The summed E-state index contributed by atoms with van der Waals surface area (Å²) < 4.78 is 5.73. The molecule has 1 N–H and O–H groups in total. The van der Waals surface area contributed by atoms with Gasteiger partial charge >= 0.3 is 0 Å². The summed E-state index contributed by atoms with van der Waals surface area (Å²) in [5.41, 5.74) is 0.524. The molecular formula is C16H20N4O2S. The molecule has 0 spiro atoms. The number of anilines is 2. The van der Waals surface area contributed by atoms with E-state index in [4.69, 9.17) is 4.74 Å². The third-order valence-corrected chi connectivity index (χ3v) is 4.42. The number of carbonyl (C=O) groups excluding carboxylic acids is 1. The van der Waals surface area contributed by atoms with Crippen LogP contribution in [-0.4, -0.2) is 41.2 Å². The summed E-state index contributed by atoms with van der Waals surface area (Å²) in [5, 5.41) is 3.39. The number of morpholine rings is 1. The maximum Gasteiger partial charge on any atom is 0.259 e. The predicted molar refractivity (Wildman–Crippen MR) is 91.3 cm³/mol. The number of aryl methyl sites for hydroxylation is 1. The highest BCUT2D eigenvalue weighted by atomic mass is 32.1. The minimum absolute atomic E-state index is 0.177. The minimum Gasteiger partial charge on any atom is -0.372 e. The molecule has 7 heteroatoms. The Hall–Kier alpha value is -1.99. The molecule has 6 nitrogen and oxygen atoms in total. The van der Waals surface area contributed by atoms with Crippen molar-refractivity contribution in [2.75, 3.05) is 23.3 Å². The van der Waals surface area contributed by atoms with Crippen molar-refractivity contribution >= 4 is 28.2 Å². The van der Waals surface area contributed by atoms with Crippen LogP contribution in [0, 0.1) is 6.92 Å². The number of hydrogen-bond acceptors (Lipinski definition) is 6. The van der Waals surface area contributed by atoms with Crippen LogP contribution in [0.3, 0.4) is 0 Å². The Kier molecular flexibility index (Phi) is 4.58. The molecule has 0 aliphatic carbocycles. The zero-order chi connectivity index (χ0) is 16.4. The van der Waals surface area contributed by atoms with Gasteiger partial charge in [-0.25, -0.2) is 9.97 Å². The van der Waals surface area contributed by atoms with Crippen LogP contribution in [0.2, 0.25) is 0 Å². The molecule has 0 aromatic carbocycles. The molecule has 1 saturated heterocycles. The summed E-state index contributed by atoms with van der Waals surface area (Å²) >= 11 is 1.45. The Morgan fingerprint density at radius 1 is 1.26 bits per heavy atom. The lowest BCUT2D eigenvalue weighted by molar-refractivity contribution is -0.00546. The van der Waals surface area contributed by atoms with Crippen molar-refractivity contribution in [3.05, 3.63) is 35.0 Å². The van der Waals surface area contributed by atoms with Gasteiger partial charge in [-0.1, -0.05) is 0 Å². The van der Waals surface area contributed by atoms with Gasteiger partial charge in [0, 0.05) is 30.4 Å². The fourth-order valence-corrected chi connectivity index (χ4v) is 3.31. The second kappa shape index (κ2) is 6.64. The normalized spacial score (nSPS) is 21.3. The molecule has 1 amide bonds. The number of hydrogen-bond donors (Lipinski definition) is 1. The van der Waals surface area contributed by atoms with E-state index in [-0.39, 0.29) is 18.1 Å². The summed E-state index contributed by atoms with van der Waals surface area (Å²) in [6.07, 6.45) is 3.70. The molecule has 1 fully saturated rings.